The molecule has 2 aliphatic carbocycles. The van der Waals surface area contributed by atoms with E-state index in [0.717, 1.165) is 16.2 Å². The number of likely N-dealkylation sites (tertiary alicyclic amines) is 1. The van der Waals surface area contributed by atoms with Crippen molar-refractivity contribution in [1.82, 2.24) is 4.90 Å². The van der Waals surface area contributed by atoms with Gasteiger partial charge in [-0.3, -0.25) is 4.90 Å². The predicted octanol–water partition coefficient (Wildman–Crippen LogP) is 4.77. The van der Waals surface area contributed by atoms with E-state index >= 15 is 0 Å². The van der Waals surface area contributed by atoms with E-state index in [2.05, 4.69) is 0 Å². The SMILES string of the molecule is O=CC1[C@@H]2CCC(O)N(CC3CCC(F)(F)CC3)[C@]12C1=IC=C(Cl)C(Cl)=C1. The van der Waals surface area contributed by atoms with Gasteiger partial charge in [-0.2, -0.15) is 0 Å². The lowest BCUT2D eigenvalue weighted by atomic mass is 9.85. The highest BCUT2D eigenvalue weighted by Crippen LogP contribution is 2.62. The van der Waals surface area contributed by atoms with Crippen molar-refractivity contribution in [3.63, 3.8) is 0 Å². The molecule has 2 unspecified atom stereocenters. The lowest BCUT2D eigenvalue weighted by Crippen LogP contribution is -2.55. The molecule has 0 radical (unpaired) electrons. The summed E-state index contributed by atoms with van der Waals surface area (Å²) in [5.74, 6) is -2.45. The molecule has 1 N–H and O–H groups in total. The number of nitrogens with zero attached hydrogens (tertiary/aromatic N) is 1. The topological polar surface area (TPSA) is 40.5 Å². The minimum atomic E-state index is -2.57. The summed E-state index contributed by atoms with van der Waals surface area (Å²) in [6.45, 7) is 0.550. The van der Waals surface area contributed by atoms with Gasteiger partial charge < -0.3 is 9.90 Å². The van der Waals surface area contributed by atoms with Crippen LogP contribution in [-0.4, -0.2) is 44.0 Å². The fourth-order valence-electron chi connectivity index (χ4n) is 5.09. The van der Waals surface area contributed by atoms with Crippen molar-refractivity contribution < 1.29 is 18.7 Å². The molecule has 2 heterocycles. The van der Waals surface area contributed by atoms with Crippen LogP contribution in [0.2, 0.25) is 0 Å². The van der Waals surface area contributed by atoms with Crippen molar-refractivity contribution in [2.75, 3.05) is 6.54 Å². The second-order valence-corrected chi connectivity index (χ2v) is 11.2. The van der Waals surface area contributed by atoms with Crippen LogP contribution < -0.4 is 0 Å². The number of aliphatic hydroxyl groups excluding tert-OH is 1. The van der Waals surface area contributed by atoms with Gasteiger partial charge in [0.1, 0.15) is 12.5 Å². The summed E-state index contributed by atoms with van der Waals surface area (Å²) < 4.78 is 30.1. The van der Waals surface area contributed by atoms with Gasteiger partial charge in [-0.1, -0.05) is 43.9 Å². The van der Waals surface area contributed by atoms with E-state index in [-0.39, 0.29) is 30.6 Å². The average molecular weight is 532 g/mol. The van der Waals surface area contributed by atoms with Crippen molar-refractivity contribution in [2.24, 2.45) is 17.8 Å². The van der Waals surface area contributed by atoms with E-state index in [1.807, 2.05) is 15.1 Å². The minimum Gasteiger partial charge on any atom is -0.378 e. The van der Waals surface area contributed by atoms with Gasteiger partial charge in [0.15, 0.2) is 0 Å². The van der Waals surface area contributed by atoms with Crippen LogP contribution in [0.15, 0.2) is 20.2 Å². The zero-order valence-corrected chi connectivity index (χ0v) is 18.4. The van der Waals surface area contributed by atoms with Gasteiger partial charge in [0.2, 0.25) is 5.92 Å². The molecule has 27 heavy (non-hydrogen) atoms. The molecule has 4 rings (SSSR count). The monoisotopic (exact) mass is 531 g/mol. The summed E-state index contributed by atoms with van der Waals surface area (Å²) in [6.07, 6.45) is 4.35. The number of allylic oxidation sites excluding steroid dienone is 2. The molecule has 3 nitrogen and oxygen atoms in total. The van der Waals surface area contributed by atoms with E-state index in [1.54, 1.807) is 0 Å². The Labute approximate surface area is 177 Å². The second kappa shape index (κ2) is 7.42. The molecule has 150 valence electrons. The maximum Gasteiger partial charge on any atom is 0.248 e. The van der Waals surface area contributed by atoms with Crippen LogP contribution in [0, 0.1) is 17.8 Å². The standard InChI is InChI=1S/C19H22Cl2F2INO2/c20-14-7-16(24-8-15(14)21)19-12(13(19)10-26)1-2-17(27)25(19)9-11-3-5-18(22,23)6-4-11/h7-8,10-13,17,27H,1-6,9H2/t12-,13?,17?,19-/m0/s1. The van der Waals surface area contributed by atoms with Gasteiger partial charge >= 0.3 is 0 Å². The number of hydrogen-bond donors (Lipinski definition) is 1. The third-order valence-corrected chi connectivity index (χ3v) is 10.4. The molecule has 2 saturated carbocycles. The summed E-state index contributed by atoms with van der Waals surface area (Å²) in [5, 5.41) is 11.8. The van der Waals surface area contributed by atoms with Crippen LogP contribution in [0.1, 0.15) is 38.5 Å². The fourth-order valence-corrected chi connectivity index (χ4v) is 8.95. The van der Waals surface area contributed by atoms with Gasteiger partial charge in [-0.05, 0) is 47.7 Å². The zero-order chi connectivity index (χ0) is 19.4. The summed E-state index contributed by atoms with van der Waals surface area (Å²) in [5.41, 5.74) is -0.499. The quantitative estimate of drug-likeness (QED) is 0.419. The van der Waals surface area contributed by atoms with E-state index in [4.69, 9.17) is 23.2 Å². The zero-order valence-electron chi connectivity index (χ0n) is 14.7. The fraction of sp³-hybridized carbons (Fsp3) is 0.684. The van der Waals surface area contributed by atoms with Crippen LogP contribution in [0.4, 0.5) is 8.78 Å². The minimum absolute atomic E-state index is 0.0945. The summed E-state index contributed by atoms with van der Waals surface area (Å²) >= 11 is 11.8. The van der Waals surface area contributed by atoms with Crippen molar-refractivity contribution >= 4 is 53.7 Å². The Bertz CT molecular complexity index is 731. The first-order valence-corrected chi connectivity index (χ1v) is 12.4. The molecule has 0 spiro atoms. The normalized spacial score (nSPS) is 39.4. The number of carbonyl (C=O) groups excluding carboxylic acids is 1. The second-order valence-electron chi connectivity index (χ2n) is 8.01. The average Bonchev–Trinajstić information content (AvgIpc) is 3.30. The smallest absolute Gasteiger partial charge is 0.248 e. The van der Waals surface area contributed by atoms with E-state index < -0.39 is 38.4 Å². The Kier molecular flexibility index (Phi) is 5.60. The summed E-state index contributed by atoms with van der Waals surface area (Å²) in [7, 11) is 0. The molecule has 0 aromatic carbocycles. The molecule has 0 bridgehead atoms. The van der Waals surface area contributed by atoms with Gasteiger partial charge in [0.25, 0.3) is 0 Å². The largest absolute Gasteiger partial charge is 0.378 e. The maximum absolute atomic E-state index is 13.5. The molecule has 0 aromatic heterocycles. The van der Waals surface area contributed by atoms with Crippen LogP contribution >= 0.6 is 43.9 Å². The molecule has 4 aliphatic rings. The molecule has 1 saturated heterocycles. The number of alkyl halides is 2. The highest BCUT2D eigenvalue weighted by molar-refractivity contribution is 14.2. The van der Waals surface area contributed by atoms with Crippen molar-refractivity contribution in [3.05, 3.63) is 20.2 Å². The molecule has 4 atom stereocenters. The highest BCUT2D eigenvalue weighted by Gasteiger charge is 2.72. The summed E-state index contributed by atoms with van der Waals surface area (Å²) in [4.78, 5) is 13.9. The lowest BCUT2D eigenvalue weighted by Gasteiger charge is -2.44. The third-order valence-electron chi connectivity index (χ3n) is 6.54. The molecular formula is C19H22Cl2F2INO2. The number of halogens is 5. The Hall–Kier alpha value is 0.110. The van der Waals surface area contributed by atoms with Gasteiger partial charge in [0.05, 0.1) is 15.6 Å². The van der Waals surface area contributed by atoms with Gasteiger partial charge in [-0.25, -0.2) is 8.78 Å². The molecule has 0 aromatic rings. The van der Waals surface area contributed by atoms with E-state index in [1.165, 1.54) is 0 Å². The Morgan fingerprint density at radius 1 is 1.22 bits per heavy atom. The van der Waals surface area contributed by atoms with E-state index in [9.17, 15) is 18.7 Å². The van der Waals surface area contributed by atoms with Gasteiger partial charge in [0, 0.05) is 28.8 Å². The lowest BCUT2D eigenvalue weighted by molar-refractivity contribution is -0.110. The van der Waals surface area contributed by atoms with Gasteiger partial charge in [-0.15, -0.1) is 0 Å². The first-order valence-electron chi connectivity index (χ1n) is 9.31. The number of aliphatic hydroxyl groups is 1. The first kappa shape index (κ1) is 20.4. The molecular weight excluding hydrogens is 510 g/mol. The number of aldehydes is 1. The summed E-state index contributed by atoms with van der Waals surface area (Å²) in [6, 6.07) is 0. The van der Waals surface area contributed by atoms with E-state index in [0.29, 0.717) is 35.9 Å². The Morgan fingerprint density at radius 2 is 1.93 bits per heavy atom. The third kappa shape index (κ3) is 3.47. The van der Waals surface area contributed by atoms with Crippen LogP contribution in [0.3, 0.4) is 0 Å². The number of carbonyl (C=O) groups is 1. The Morgan fingerprint density at radius 3 is 2.56 bits per heavy atom. The van der Waals surface area contributed by atoms with Crippen LogP contribution in [0.5, 0.6) is 0 Å². The molecule has 3 fully saturated rings. The first-order chi connectivity index (χ1) is 12.8. The number of rotatable bonds is 4. The van der Waals surface area contributed by atoms with Crippen molar-refractivity contribution in [1.29, 1.82) is 0 Å². The van der Waals surface area contributed by atoms with Crippen molar-refractivity contribution in [2.45, 2.75) is 56.2 Å². The molecule has 8 heteroatoms. The molecule has 2 aliphatic heterocycles. The van der Waals surface area contributed by atoms with Crippen LogP contribution in [0.25, 0.3) is 0 Å². The predicted molar refractivity (Wildman–Crippen MR) is 112 cm³/mol. The maximum atomic E-state index is 13.5. The van der Waals surface area contributed by atoms with Crippen LogP contribution in [-0.2, 0) is 4.79 Å². The van der Waals surface area contributed by atoms with Crippen molar-refractivity contribution in [3.8, 4) is 0 Å². The number of hydrogen-bond acceptors (Lipinski definition) is 3. The molecule has 0 amide bonds. The number of fused-ring (bicyclic) bond motifs is 1. The Balaban J connectivity index is 1.63. The number of piperidine rings is 1. The highest BCUT2D eigenvalue weighted by atomic mass is 127.